The van der Waals surface area contributed by atoms with Gasteiger partial charge < -0.3 is 15.2 Å². The SMILES string of the molecule is COC(=O)C1(C2(O)CCNCC2)CCC1. The lowest BCUT2D eigenvalue weighted by molar-refractivity contribution is -0.192. The molecule has 4 heteroatoms. The predicted octanol–water partition coefficient (Wildman–Crippen LogP) is 0.444. The number of rotatable bonds is 2. The molecule has 0 aromatic rings. The van der Waals surface area contributed by atoms with Crippen LogP contribution in [0, 0.1) is 5.41 Å². The minimum Gasteiger partial charge on any atom is -0.469 e. The highest BCUT2D eigenvalue weighted by Crippen LogP contribution is 2.53. The van der Waals surface area contributed by atoms with Crippen LogP contribution in [0.25, 0.3) is 0 Å². The maximum Gasteiger partial charge on any atom is 0.314 e. The Hall–Kier alpha value is -0.610. The summed E-state index contributed by atoms with van der Waals surface area (Å²) in [6.45, 7) is 1.57. The summed E-state index contributed by atoms with van der Waals surface area (Å²) >= 11 is 0. The smallest absolute Gasteiger partial charge is 0.314 e. The van der Waals surface area contributed by atoms with E-state index in [4.69, 9.17) is 4.74 Å². The van der Waals surface area contributed by atoms with Crippen molar-refractivity contribution in [1.82, 2.24) is 5.32 Å². The van der Waals surface area contributed by atoms with Gasteiger partial charge in [-0.2, -0.15) is 0 Å². The molecule has 1 aliphatic heterocycles. The molecule has 1 aliphatic carbocycles. The zero-order valence-corrected chi connectivity index (χ0v) is 9.21. The highest BCUT2D eigenvalue weighted by molar-refractivity contribution is 5.79. The Morgan fingerprint density at radius 1 is 1.27 bits per heavy atom. The molecule has 4 nitrogen and oxygen atoms in total. The summed E-state index contributed by atoms with van der Waals surface area (Å²) in [6, 6.07) is 0. The van der Waals surface area contributed by atoms with Gasteiger partial charge in [-0.3, -0.25) is 4.79 Å². The monoisotopic (exact) mass is 213 g/mol. The van der Waals surface area contributed by atoms with Crippen LogP contribution < -0.4 is 5.32 Å². The van der Waals surface area contributed by atoms with Crippen LogP contribution >= 0.6 is 0 Å². The van der Waals surface area contributed by atoms with E-state index in [2.05, 4.69) is 5.32 Å². The van der Waals surface area contributed by atoms with Crippen LogP contribution in [0.4, 0.5) is 0 Å². The van der Waals surface area contributed by atoms with Crippen molar-refractivity contribution in [3.63, 3.8) is 0 Å². The zero-order valence-electron chi connectivity index (χ0n) is 9.21. The Morgan fingerprint density at radius 2 is 1.87 bits per heavy atom. The topological polar surface area (TPSA) is 58.6 Å². The first-order chi connectivity index (χ1) is 7.15. The lowest BCUT2D eigenvalue weighted by atomic mass is 9.56. The van der Waals surface area contributed by atoms with E-state index < -0.39 is 11.0 Å². The molecule has 2 N–H and O–H groups in total. The maximum atomic E-state index is 11.8. The second-order valence-corrected chi connectivity index (χ2v) is 4.71. The third-order valence-electron chi connectivity index (χ3n) is 4.10. The van der Waals surface area contributed by atoms with Gasteiger partial charge in [0, 0.05) is 0 Å². The molecule has 15 heavy (non-hydrogen) atoms. The first-order valence-electron chi connectivity index (χ1n) is 5.66. The van der Waals surface area contributed by atoms with Crippen molar-refractivity contribution in [3.05, 3.63) is 0 Å². The molecule has 0 bridgehead atoms. The molecule has 2 aliphatic rings. The van der Waals surface area contributed by atoms with Gasteiger partial charge >= 0.3 is 5.97 Å². The van der Waals surface area contributed by atoms with Gasteiger partial charge in [0.1, 0.15) is 0 Å². The molecule has 0 amide bonds. The van der Waals surface area contributed by atoms with Crippen molar-refractivity contribution in [1.29, 1.82) is 0 Å². The van der Waals surface area contributed by atoms with Gasteiger partial charge in [-0.05, 0) is 38.8 Å². The summed E-state index contributed by atoms with van der Waals surface area (Å²) in [7, 11) is 1.41. The summed E-state index contributed by atoms with van der Waals surface area (Å²) < 4.78 is 4.86. The summed E-state index contributed by atoms with van der Waals surface area (Å²) in [5.41, 5.74) is -1.45. The number of esters is 1. The molecule has 0 unspecified atom stereocenters. The number of carbonyl (C=O) groups excluding carboxylic acids is 1. The fourth-order valence-corrected chi connectivity index (χ4v) is 2.90. The molecule has 0 spiro atoms. The number of hydrogen-bond acceptors (Lipinski definition) is 4. The van der Waals surface area contributed by atoms with E-state index in [1.165, 1.54) is 7.11 Å². The quantitative estimate of drug-likeness (QED) is 0.654. The van der Waals surface area contributed by atoms with Crippen LogP contribution in [-0.4, -0.2) is 36.9 Å². The average Bonchev–Trinajstić information content (AvgIpc) is 2.16. The van der Waals surface area contributed by atoms with Crippen molar-refractivity contribution in [2.24, 2.45) is 5.41 Å². The zero-order chi connectivity index (χ0) is 10.9. The molecule has 86 valence electrons. The number of methoxy groups -OCH3 is 1. The molecule has 1 heterocycles. The van der Waals surface area contributed by atoms with Crippen molar-refractivity contribution in [3.8, 4) is 0 Å². The van der Waals surface area contributed by atoms with Gasteiger partial charge in [-0.15, -0.1) is 0 Å². The third kappa shape index (κ3) is 1.47. The molecular formula is C11H19NO3. The van der Waals surface area contributed by atoms with Gasteiger partial charge in [-0.1, -0.05) is 6.42 Å². The number of piperidine rings is 1. The Morgan fingerprint density at radius 3 is 2.27 bits per heavy atom. The molecule has 2 rings (SSSR count). The molecule has 0 atom stereocenters. The fraction of sp³-hybridized carbons (Fsp3) is 0.909. The Kier molecular flexibility index (Phi) is 2.73. The Bertz CT molecular complexity index is 255. The van der Waals surface area contributed by atoms with E-state index in [9.17, 15) is 9.90 Å². The van der Waals surface area contributed by atoms with Gasteiger partial charge in [-0.25, -0.2) is 0 Å². The fourth-order valence-electron chi connectivity index (χ4n) is 2.90. The Labute approximate surface area is 90.0 Å². The van der Waals surface area contributed by atoms with Gasteiger partial charge in [0.2, 0.25) is 0 Å². The van der Waals surface area contributed by atoms with E-state index >= 15 is 0 Å². The second-order valence-electron chi connectivity index (χ2n) is 4.71. The van der Waals surface area contributed by atoms with Crippen LogP contribution in [0.5, 0.6) is 0 Å². The van der Waals surface area contributed by atoms with Gasteiger partial charge in [0.15, 0.2) is 0 Å². The third-order valence-corrected chi connectivity index (χ3v) is 4.10. The number of nitrogens with one attached hydrogen (secondary N) is 1. The summed E-state index contributed by atoms with van der Waals surface area (Å²) in [5, 5.41) is 13.8. The van der Waals surface area contributed by atoms with E-state index in [0.29, 0.717) is 12.8 Å². The van der Waals surface area contributed by atoms with Gasteiger partial charge in [0.25, 0.3) is 0 Å². The standard InChI is InChI=1S/C11H19NO3/c1-15-9(13)10(3-2-4-10)11(14)5-7-12-8-6-11/h12,14H,2-8H2,1H3. The average molecular weight is 213 g/mol. The minimum absolute atomic E-state index is 0.224. The molecule has 0 aromatic carbocycles. The first kappa shape index (κ1) is 10.9. The molecule has 0 aromatic heterocycles. The molecule has 1 saturated carbocycles. The summed E-state index contributed by atoms with van der Waals surface area (Å²) in [4.78, 5) is 11.8. The van der Waals surface area contributed by atoms with E-state index in [1.54, 1.807) is 0 Å². The van der Waals surface area contributed by atoms with Gasteiger partial charge in [0.05, 0.1) is 18.1 Å². The number of hydrogen-bond donors (Lipinski definition) is 2. The normalized spacial score (nSPS) is 27.9. The van der Waals surface area contributed by atoms with Crippen LogP contribution in [-0.2, 0) is 9.53 Å². The number of aliphatic hydroxyl groups is 1. The molecule has 0 radical (unpaired) electrons. The van der Waals surface area contributed by atoms with Crippen LogP contribution in [0.2, 0.25) is 0 Å². The van der Waals surface area contributed by atoms with Crippen LogP contribution in [0.1, 0.15) is 32.1 Å². The van der Waals surface area contributed by atoms with Crippen molar-refractivity contribution in [2.45, 2.75) is 37.7 Å². The Balaban J connectivity index is 2.20. The van der Waals surface area contributed by atoms with Crippen molar-refractivity contribution >= 4 is 5.97 Å². The largest absolute Gasteiger partial charge is 0.469 e. The predicted molar refractivity (Wildman–Crippen MR) is 55.4 cm³/mol. The van der Waals surface area contributed by atoms with E-state index in [0.717, 1.165) is 32.4 Å². The molecule has 2 fully saturated rings. The summed E-state index contributed by atoms with van der Waals surface area (Å²) in [6.07, 6.45) is 3.88. The second kappa shape index (κ2) is 3.76. The molecular weight excluding hydrogens is 194 g/mol. The van der Waals surface area contributed by atoms with Crippen molar-refractivity contribution < 1.29 is 14.6 Å². The highest BCUT2D eigenvalue weighted by Gasteiger charge is 2.59. The van der Waals surface area contributed by atoms with Crippen LogP contribution in [0.15, 0.2) is 0 Å². The van der Waals surface area contributed by atoms with Crippen LogP contribution in [0.3, 0.4) is 0 Å². The summed E-state index contributed by atoms with van der Waals surface area (Å²) in [5.74, 6) is -0.224. The molecule has 1 saturated heterocycles. The van der Waals surface area contributed by atoms with Crippen molar-refractivity contribution in [2.75, 3.05) is 20.2 Å². The lowest BCUT2D eigenvalue weighted by Gasteiger charge is -2.52. The van der Waals surface area contributed by atoms with E-state index in [1.807, 2.05) is 0 Å². The minimum atomic E-state index is -0.844. The number of carbonyl (C=O) groups is 1. The highest BCUT2D eigenvalue weighted by atomic mass is 16.5. The van der Waals surface area contributed by atoms with E-state index in [-0.39, 0.29) is 5.97 Å². The maximum absolute atomic E-state index is 11.8. The number of ether oxygens (including phenoxy) is 1. The lowest BCUT2D eigenvalue weighted by Crippen LogP contribution is -2.61. The first-order valence-corrected chi connectivity index (χ1v) is 5.66.